The Morgan fingerprint density at radius 3 is 2.39 bits per heavy atom. The first-order chi connectivity index (χ1) is 11.1. The van der Waals surface area contributed by atoms with E-state index in [4.69, 9.17) is 23.2 Å². The average Bonchev–Trinajstić information content (AvgIpc) is 3.02. The third-order valence-electron chi connectivity index (χ3n) is 3.99. The van der Waals surface area contributed by atoms with Crippen LogP contribution in [-0.4, -0.2) is 23.9 Å². The summed E-state index contributed by atoms with van der Waals surface area (Å²) in [6, 6.07) is 12.8. The summed E-state index contributed by atoms with van der Waals surface area (Å²) in [7, 11) is 0. The van der Waals surface area contributed by atoms with Crippen LogP contribution in [0.5, 0.6) is 0 Å². The summed E-state index contributed by atoms with van der Waals surface area (Å²) in [4.78, 5) is 14.7. The molecule has 1 aliphatic rings. The van der Waals surface area contributed by atoms with Crippen LogP contribution in [-0.2, 0) is 6.54 Å². The van der Waals surface area contributed by atoms with Gasteiger partial charge in [0.25, 0.3) is 5.91 Å². The van der Waals surface area contributed by atoms with Crippen molar-refractivity contribution in [2.75, 3.05) is 18.4 Å². The predicted molar refractivity (Wildman–Crippen MR) is 95.4 cm³/mol. The highest BCUT2D eigenvalue weighted by molar-refractivity contribution is 6.37. The second-order valence-electron chi connectivity index (χ2n) is 5.76. The summed E-state index contributed by atoms with van der Waals surface area (Å²) in [5, 5.41) is 3.72. The van der Waals surface area contributed by atoms with E-state index in [0.29, 0.717) is 15.6 Å². The Kier molecular flexibility index (Phi) is 5.21. The normalized spacial score (nSPS) is 14.9. The van der Waals surface area contributed by atoms with E-state index in [2.05, 4.69) is 22.3 Å². The number of hydrogen-bond acceptors (Lipinski definition) is 2. The number of carbonyl (C=O) groups excluding carboxylic acids is 1. The van der Waals surface area contributed by atoms with E-state index in [-0.39, 0.29) is 5.91 Å². The van der Waals surface area contributed by atoms with Crippen molar-refractivity contribution in [3.63, 3.8) is 0 Å². The van der Waals surface area contributed by atoms with E-state index in [1.807, 2.05) is 12.1 Å². The van der Waals surface area contributed by atoms with Crippen LogP contribution in [0.3, 0.4) is 0 Å². The van der Waals surface area contributed by atoms with Crippen LogP contribution in [0.1, 0.15) is 28.8 Å². The molecule has 0 aromatic heterocycles. The molecule has 0 unspecified atom stereocenters. The van der Waals surface area contributed by atoms with Gasteiger partial charge in [0, 0.05) is 17.3 Å². The Morgan fingerprint density at radius 2 is 1.74 bits per heavy atom. The minimum absolute atomic E-state index is 0.237. The number of rotatable bonds is 4. The van der Waals surface area contributed by atoms with Crippen molar-refractivity contribution in [1.29, 1.82) is 0 Å². The molecule has 2 aromatic rings. The number of halogens is 2. The molecule has 2 aromatic carbocycles. The van der Waals surface area contributed by atoms with E-state index >= 15 is 0 Å². The molecule has 5 heteroatoms. The lowest BCUT2D eigenvalue weighted by Gasteiger charge is -2.15. The molecule has 1 amide bonds. The Hall–Kier alpha value is -1.55. The molecule has 1 saturated heterocycles. The zero-order valence-corrected chi connectivity index (χ0v) is 14.2. The third kappa shape index (κ3) is 4.25. The van der Waals surface area contributed by atoms with Gasteiger partial charge in [-0.1, -0.05) is 35.3 Å². The Labute approximate surface area is 146 Å². The summed E-state index contributed by atoms with van der Waals surface area (Å²) in [5.41, 5.74) is 2.43. The molecule has 0 bridgehead atoms. The predicted octanol–water partition coefficient (Wildman–Crippen LogP) is 4.84. The highest BCUT2D eigenvalue weighted by Crippen LogP contribution is 2.22. The van der Waals surface area contributed by atoms with Gasteiger partial charge < -0.3 is 5.32 Å². The largest absolute Gasteiger partial charge is 0.322 e. The van der Waals surface area contributed by atoms with E-state index in [0.717, 1.165) is 12.2 Å². The Morgan fingerprint density at radius 1 is 1.04 bits per heavy atom. The fourth-order valence-corrected chi connectivity index (χ4v) is 3.26. The lowest BCUT2D eigenvalue weighted by atomic mass is 10.1. The van der Waals surface area contributed by atoms with Crippen LogP contribution in [0.2, 0.25) is 10.0 Å². The summed E-state index contributed by atoms with van der Waals surface area (Å²) < 4.78 is 0. The molecule has 3 nitrogen and oxygen atoms in total. The van der Waals surface area contributed by atoms with Crippen molar-refractivity contribution < 1.29 is 4.79 Å². The topological polar surface area (TPSA) is 32.3 Å². The molecule has 0 spiro atoms. The molecule has 0 saturated carbocycles. The van der Waals surface area contributed by atoms with E-state index in [1.165, 1.54) is 31.5 Å². The number of nitrogens with one attached hydrogen (secondary N) is 1. The summed E-state index contributed by atoms with van der Waals surface area (Å²) in [6.45, 7) is 3.32. The Bertz CT molecular complexity index is 695. The second kappa shape index (κ2) is 7.35. The molecule has 3 rings (SSSR count). The molecule has 0 aliphatic carbocycles. The van der Waals surface area contributed by atoms with Gasteiger partial charge in [0.2, 0.25) is 0 Å². The van der Waals surface area contributed by atoms with Crippen LogP contribution in [0, 0.1) is 0 Å². The highest BCUT2D eigenvalue weighted by atomic mass is 35.5. The molecular weight excluding hydrogens is 331 g/mol. The van der Waals surface area contributed by atoms with Gasteiger partial charge in [-0.2, -0.15) is 0 Å². The van der Waals surface area contributed by atoms with Crippen molar-refractivity contribution in [3.8, 4) is 0 Å². The molecule has 1 fully saturated rings. The summed E-state index contributed by atoms with van der Waals surface area (Å²) >= 11 is 11.9. The van der Waals surface area contributed by atoms with Gasteiger partial charge in [-0.3, -0.25) is 9.69 Å². The standard InChI is InChI=1S/C18H18Cl2N2O/c19-14-5-8-16(17(20)11-14)18(23)21-15-6-3-13(4-7-15)12-22-9-1-2-10-22/h3-8,11H,1-2,9-10,12H2,(H,21,23). The quantitative estimate of drug-likeness (QED) is 0.857. The van der Waals surface area contributed by atoms with Gasteiger partial charge in [-0.05, 0) is 61.8 Å². The maximum absolute atomic E-state index is 12.3. The highest BCUT2D eigenvalue weighted by Gasteiger charge is 2.13. The smallest absolute Gasteiger partial charge is 0.257 e. The number of nitrogens with zero attached hydrogens (tertiary/aromatic N) is 1. The molecule has 1 heterocycles. The molecule has 120 valence electrons. The van der Waals surface area contributed by atoms with Crippen LogP contribution in [0.15, 0.2) is 42.5 Å². The number of likely N-dealkylation sites (tertiary alicyclic amines) is 1. The summed E-state index contributed by atoms with van der Waals surface area (Å²) in [6.07, 6.45) is 2.58. The molecular formula is C18H18Cl2N2O. The SMILES string of the molecule is O=C(Nc1ccc(CN2CCCC2)cc1)c1ccc(Cl)cc1Cl. The molecule has 1 aliphatic heterocycles. The zero-order valence-electron chi connectivity index (χ0n) is 12.7. The first-order valence-corrected chi connectivity index (χ1v) is 8.45. The van der Waals surface area contributed by atoms with Crippen LogP contribution in [0.25, 0.3) is 0 Å². The van der Waals surface area contributed by atoms with E-state index in [1.54, 1.807) is 18.2 Å². The fourth-order valence-electron chi connectivity index (χ4n) is 2.76. The second-order valence-corrected chi connectivity index (χ2v) is 6.60. The monoisotopic (exact) mass is 348 g/mol. The zero-order chi connectivity index (χ0) is 16.2. The molecule has 1 N–H and O–H groups in total. The first-order valence-electron chi connectivity index (χ1n) is 7.69. The van der Waals surface area contributed by atoms with Crippen LogP contribution in [0.4, 0.5) is 5.69 Å². The minimum atomic E-state index is -0.237. The van der Waals surface area contributed by atoms with E-state index < -0.39 is 0 Å². The van der Waals surface area contributed by atoms with Gasteiger partial charge in [0.05, 0.1) is 10.6 Å². The van der Waals surface area contributed by atoms with Crippen LogP contribution >= 0.6 is 23.2 Å². The van der Waals surface area contributed by atoms with Gasteiger partial charge >= 0.3 is 0 Å². The number of anilines is 1. The molecule has 0 radical (unpaired) electrons. The van der Waals surface area contributed by atoms with Gasteiger partial charge in [-0.15, -0.1) is 0 Å². The minimum Gasteiger partial charge on any atom is -0.322 e. The maximum Gasteiger partial charge on any atom is 0.257 e. The molecule has 23 heavy (non-hydrogen) atoms. The number of benzene rings is 2. The van der Waals surface area contributed by atoms with E-state index in [9.17, 15) is 4.79 Å². The molecule has 0 atom stereocenters. The van der Waals surface area contributed by atoms with Gasteiger partial charge in [0.1, 0.15) is 0 Å². The lowest BCUT2D eigenvalue weighted by Crippen LogP contribution is -2.18. The van der Waals surface area contributed by atoms with Crippen molar-refractivity contribution in [1.82, 2.24) is 4.90 Å². The number of carbonyl (C=O) groups is 1. The van der Waals surface area contributed by atoms with Crippen LogP contribution < -0.4 is 5.32 Å². The third-order valence-corrected chi connectivity index (χ3v) is 4.54. The first kappa shape index (κ1) is 16.3. The average molecular weight is 349 g/mol. The number of amides is 1. The Balaban J connectivity index is 1.64. The van der Waals surface area contributed by atoms with Gasteiger partial charge in [-0.25, -0.2) is 0 Å². The maximum atomic E-state index is 12.3. The lowest BCUT2D eigenvalue weighted by molar-refractivity contribution is 0.102. The van der Waals surface area contributed by atoms with Gasteiger partial charge in [0.15, 0.2) is 0 Å². The summed E-state index contributed by atoms with van der Waals surface area (Å²) in [5.74, 6) is -0.237. The number of hydrogen-bond donors (Lipinski definition) is 1. The fraction of sp³-hybridized carbons (Fsp3) is 0.278. The van der Waals surface area contributed by atoms with Crippen molar-refractivity contribution in [2.24, 2.45) is 0 Å². The van der Waals surface area contributed by atoms with Crippen molar-refractivity contribution in [3.05, 3.63) is 63.6 Å². The van der Waals surface area contributed by atoms with Crippen molar-refractivity contribution in [2.45, 2.75) is 19.4 Å². The van der Waals surface area contributed by atoms with Crippen molar-refractivity contribution >= 4 is 34.8 Å².